The van der Waals surface area contributed by atoms with Crippen molar-refractivity contribution in [3.63, 3.8) is 0 Å². The highest BCUT2D eigenvalue weighted by Crippen LogP contribution is 2.38. The third-order valence-corrected chi connectivity index (χ3v) is 7.08. The number of hydrogen-bond donors (Lipinski definition) is 2. The zero-order chi connectivity index (χ0) is 30.9. The van der Waals surface area contributed by atoms with E-state index in [1.54, 1.807) is 31.5 Å². The molecule has 1 aromatic heterocycles. The van der Waals surface area contributed by atoms with E-state index in [1.165, 1.54) is 12.1 Å². The first-order chi connectivity index (χ1) is 21.4. The topological polar surface area (TPSA) is 111 Å². The third kappa shape index (κ3) is 8.21. The maximum Gasteiger partial charge on any atom is 0.325 e. The van der Waals surface area contributed by atoms with Gasteiger partial charge in [-0.1, -0.05) is 29.8 Å². The number of nitrogens with zero attached hydrogens (tertiary/aromatic N) is 2. The summed E-state index contributed by atoms with van der Waals surface area (Å²) in [6.45, 7) is 6.73. The monoisotopic (exact) mass is 602 g/mol. The Bertz CT molecular complexity index is 1630. The number of benzene rings is 3. The molecule has 1 saturated heterocycles. The van der Waals surface area contributed by atoms with Crippen LogP contribution in [0, 0.1) is 12.7 Å². The average molecular weight is 603 g/mol. The summed E-state index contributed by atoms with van der Waals surface area (Å²) in [7, 11) is 1.55. The van der Waals surface area contributed by atoms with Crippen molar-refractivity contribution in [3.05, 3.63) is 83.8 Å². The van der Waals surface area contributed by atoms with E-state index in [1.807, 2.05) is 31.2 Å². The van der Waals surface area contributed by atoms with E-state index in [2.05, 4.69) is 20.5 Å². The van der Waals surface area contributed by atoms with E-state index in [4.69, 9.17) is 18.9 Å². The van der Waals surface area contributed by atoms with Gasteiger partial charge >= 0.3 is 6.03 Å². The van der Waals surface area contributed by atoms with Crippen molar-refractivity contribution in [2.24, 2.45) is 0 Å². The molecule has 0 saturated carbocycles. The van der Waals surface area contributed by atoms with Crippen molar-refractivity contribution in [1.82, 2.24) is 15.2 Å². The minimum atomic E-state index is -0.762. The normalized spacial score (nSPS) is 13.3. The zero-order valence-corrected chi connectivity index (χ0v) is 24.7. The fraction of sp³-hybridized carbons (Fsp3) is 0.303. The first kappa shape index (κ1) is 30.7. The van der Waals surface area contributed by atoms with Gasteiger partial charge in [0, 0.05) is 49.0 Å². The molecule has 44 heavy (non-hydrogen) atoms. The van der Waals surface area contributed by atoms with Crippen molar-refractivity contribution in [3.8, 4) is 23.0 Å². The number of urea groups is 1. The average Bonchev–Trinajstić information content (AvgIpc) is 3.00. The molecule has 3 amide bonds. The molecule has 2 heterocycles. The number of imide groups is 1. The molecular formula is C33H35FN4O6. The van der Waals surface area contributed by atoms with Crippen LogP contribution in [0.3, 0.4) is 0 Å². The second-order valence-electron chi connectivity index (χ2n) is 10.4. The number of rotatable bonds is 11. The van der Waals surface area contributed by atoms with Gasteiger partial charge in [0.05, 0.1) is 38.9 Å². The zero-order valence-electron chi connectivity index (χ0n) is 24.7. The largest absolute Gasteiger partial charge is 0.493 e. The van der Waals surface area contributed by atoms with Crippen molar-refractivity contribution in [2.45, 2.75) is 19.8 Å². The molecule has 0 atom stereocenters. The Kier molecular flexibility index (Phi) is 10.2. The molecule has 2 N–H and O–H groups in total. The summed E-state index contributed by atoms with van der Waals surface area (Å²) in [5.74, 6) is 0.197. The number of morpholine rings is 1. The first-order valence-electron chi connectivity index (χ1n) is 14.4. The van der Waals surface area contributed by atoms with E-state index >= 15 is 4.39 Å². The minimum Gasteiger partial charge on any atom is -0.493 e. The second-order valence-corrected chi connectivity index (χ2v) is 10.4. The Morgan fingerprint density at radius 2 is 1.84 bits per heavy atom. The number of halogens is 1. The van der Waals surface area contributed by atoms with Gasteiger partial charge in [-0.05, 0) is 43.2 Å². The summed E-state index contributed by atoms with van der Waals surface area (Å²) in [5, 5.41) is 5.34. The Morgan fingerprint density at radius 3 is 2.61 bits per heavy atom. The summed E-state index contributed by atoms with van der Waals surface area (Å²) in [4.78, 5) is 31.4. The quantitative estimate of drug-likeness (QED) is 0.217. The molecule has 5 rings (SSSR count). The number of methoxy groups -OCH3 is 1. The molecule has 11 heteroatoms. The van der Waals surface area contributed by atoms with E-state index in [0.29, 0.717) is 34.8 Å². The lowest BCUT2D eigenvalue weighted by molar-refractivity contribution is -0.119. The van der Waals surface area contributed by atoms with E-state index in [9.17, 15) is 9.59 Å². The maximum atomic E-state index is 15.1. The van der Waals surface area contributed by atoms with Gasteiger partial charge in [0.15, 0.2) is 23.1 Å². The van der Waals surface area contributed by atoms with Crippen molar-refractivity contribution in [2.75, 3.05) is 51.9 Å². The van der Waals surface area contributed by atoms with Crippen LogP contribution in [0.1, 0.15) is 17.5 Å². The number of pyridine rings is 1. The van der Waals surface area contributed by atoms with E-state index < -0.39 is 17.8 Å². The number of nitrogens with one attached hydrogen (secondary N) is 2. The molecule has 1 aliphatic rings. The summed E-state index contributed by atoms with van der Waals surface area (Å²) < 4.78 is 38.0. The molecule has 230 valence electrons. The van der Waals surface area contributed by atoms with Crippen LogP contribution in [0.25, 0.3) is 10.9 Å². The molecular weight excluding hydrogens is 567 g/mol. The smallest absolute Gasteiger partial charge is 0.325 e. The number of carbonyl (C=O) groups excluding carboxylic acids is 2. The van der Waals surface area contributed by atoms with Gasteiger partial charge in [-0.15, -0.1) is 0 Å². The van der Waals surface area contributed by atoms with Crippen LogP contribution in [0.15, 0.2) is 66.9 Å². The van der Waals surface area contributed by atoms with Crippen LogP contribution in [-0.2, 0) is 16.0 Å². The second kappa shape index (κ2) is 14.6. The lowest BCUT2D eigenvalue weighted by Gasteiger charge is -2.26. The summed E-state index contributed by atoms with van der Waals surface area (Å²) in [6.07, 6.45) is 2.47. The Balaban J connectivity index is 1.20. The van der Waals surface area contributed by atoms with Gasteiger partial charge in [-0.3, -0.25) is 20.0 Å². The van der Waals surface area contributed by atoms with Crippen molar-refractivity contribution < 1.29 is 32.9 Å². The van der Waals surface area contributed by atoms with Crippen LogP contribution < -0.4 is 24.8 Å². The number of carbonyl (C=O) groups is 2. The van der Waals surface area contributed by atoms with Crippen LogP contribution >= 0.6 is 0 Å². The highest BCUT2D eigenvalue weighted by molar-refractivity contribution is 6.01. The lowest BCUT2D eigenvalue weighted by Crippen LogP contribution is -2.37. The van der Waals surface area contributed by atoms with Crippen LogP contribution in [0.4, 0.5) is 14.9 Å². The van der Waals surface area contributed by atoms with Crippen molar-refractivity contribution in [1.29, 1.82) is 0 Å². The number of ether oxygens (including phenoxy) is 4. The number of aryl methyl sites for hydroxylation is 1. The predicted octanol–water partition coefficient (Wildman–Crippen LogP) is 5.48. The van der Waals surface area contributed by atoms with Crippen LogP contribution in [-0.4, -0.2) is 68.4 Å². The summed E-state index contributed by atoms with van der Waals surface area (Å²) >= 11 is 0. The molecule has 1 fully saturated rings. The van der Waals surface area contributed by atoms with Crippen LogP contribution in [0.2, 0.25) is 0 Å². The van der Waals surface area contributed by atoms with Gasteiger partial charge in [-0.25, -0.2) is 9.18 Å². The molecule has 4 aromatic rings. The third-order valence-electron chi connectivity index (χ3n) is 7.08. The molecule has 0 unspecified atom stereocenters. The lowest BCUT2D eigenvalue weighted by atomic mass is 10.1. The number of amides is 3. The van der Waals surface area contributed by atoms with Gasteiger partial charge in [0.25, 0.3) is 0 Å². The Morgan fingerprint density at radius 1 is 1.00 bits per heavy atom. The molecule has 0 bridgehead atoms. The van der Waals surface area contributed by atoms with Crippen LogP contribution in [0.5, 0.6) is 23.0 Å². The van der Waals surface area contributed by atoms with Gasteiger partial charge < -0.3 is 24.3 Å². The van der Waals surface area contributed by atoms with Gasteiger partial charge in [0.2, 0.25) is 5.91 Å². The Labute approximate surface area is 255 Å². The Hall–Kier alpha value is -4.74. The predicted molar refractivity (Wildman–Crippen MR) is 164 cm³/mol. The fourth-order valence-corrected chi connectivity index (χ4v) is 4.91. The van der Waals surface area contributed by atoms with E-state index in [0.717, 1.165) is 56.5 Å². The highest BCUT2D eigenvalue weighted by atomic mass is 19.1. The molecule has 3 aromatic carbocycles. The molecule has 1 aliphatic heterocycles. The minimum absolute atomic E-state index is 0.0451. The van der Waals surface area contributed by atoms with Crippen molar-refractivity contribution >= 4 is 28.5 Å². The summed E-state index contributed by atoms with van der Waals surface area (Å²) in [5.41, 5.74) is 2.55. The molecule has 0 spiro atoms. The first-order valence-corrected chi connectivity index (χ1v) is 14.4. The highest BCUT2D eigenvalue weighted by Gasteiger charge is 2.16. The molecule has 0 aliphatic carbocycles. The SMILES string of the molecule is COc1cc2c(Oc3ccc(NC(=O)NC(=O)Cc4cccc(C)c4)cc3F)ccnc2cc1OCCCN1CCOCC1. The van der Waals surface area contributed by atoms with Gasteiger partial charge in [0.1, 0.15) is 5.75 Å². The number of aromatic nitrogens is 1. The van der Waals surface area contributed by atoms with E-state index in [-0.39, 0.29) is 17.9 Å². The fourth-order valence-electron chi connectivity index (χ4n) is 4.91. The van der Waals surface area contributed by atoms with Gasteiger partial charge in [-0.2, -0.15) is 0 Å². The molecule has 10 nitrogen and oxygen atoms in total. The standard InChI is InChI=1S/C33H35FN4O6/c1-22-5-3-6-23(17-22)18-32(39)37-33(40)36-24-7-8-29(26(34)19-24)44-28-9-10-35-27-21-31(30(41-2)20-25(27)28)43-14-4-11-38-12-15-42-16-13-38/h3,5-10,17,19-21H,4,11-16,18H2,1-2H3,(H2,36,37,39,40). The number of hydrogen-bond acceptors (Lipinski definition) is 8. The maximum absolute atomic E-state index is 15.1. The summed E-state index contributed by atoms with van der Waals surface area (Å²) in [6, 6.07) is 15.8. The molecule has 0 radical (unpaired) electrons. The number of fused-ring (bicyclic) bond motifs is 1. The number of anilines is 1.